The highest BCUT2D eigenvalue weighted by atomic mass is 16.5. The van der Waals surface area contributed by atoms with Gasteiger partial charge >= 0.3 is 6.02 Å². The van der Waals surface area contributed by atoms with Crippen molar-refractivity contribution in [2.75, 3.05) is 5.32 Å². The van der Waals surface area contributed by atoms with E-state index in [1.54, 1.807) is 23.2 Å². The number of anilines is 1. The van der Waals surface area contributed by atoms with E-state index >= 15 is 0 Å². The number of nitriles is 1. The summed E-state index contributed by atoms with van der Waals surface area (Å²) in [6.45, 7) is 4.32. The highest BCUT2D eigenvalue weighted by Crippen LogP contribution is 2.27. The number of fused-ring (bicyclic) bond motifs is 1. The summed E-state index contributed by atoms with van der Waals surface area (Å²) in [5.41, 5.74) is 1.70. The Labute approximate surface area is 152 Å². The minimum Gasteiger partial charge on any atom is -0.425 e. The molecule has 2 aromatic carbocycles. The molecule has 0 fully saturated rings. The molecule has 132 valence electrons. The second-order valence-corrected chi connectivity index (χ2v) is 6.37. The van der Waals surface area contributed by atoms with E-state index in [2.05, 4.69) is 10.3 Å². The number of amidine groups is 1. The van der Waals surface area contributed by atoms with E-state index in [0.717, 1.165) is 11.3 Å². The number of benzene rings is 2. The zero-order valence-corrected chi connectivity index (χ0v) is 14.7. The molecular weight excluding hydrogens is 328 g/mol. The number of ether oxygens (including phenoxy) is 1. The Kier molecular flexibility index (Phi) is 5.18. The topological polar surface area (TPSA) is 77.7 Å². The summed E-state index contributed by atoms with van der Waals surface area (Å²) in [7, 11) is 0. The molecule has 1 atom stereocenters. The van der Waals surface area contributed by atoms with Gasteiger partial charge in [-0.25, -0.2) is 0 Å². The van der Waals surface area contributed by atoms with Gasteiger partial charge in [0.1, 0.15) is 11.8 Å². The zero-order valence-electron chi connectivity index (χ0n) is 14.7. The van der Waals surface area contributed by atoms with E-state index < -0.39 is 6.04 Å². The minimum absolute atomic E-state index is 0.00687. The first-order valence-corrected chi connectivity index (χ1v) is 8.45. The molecule has 0 radical (unpaired) electrons. The molecular formula is C20H20N4O2. The van der Waals surface area contributed by atoms with Gasteiger partial charge in [0.2, 0.25) is 12.1 Å². The third-order valence-electron chi connectivity index (χ3n) is 4.20. The Balaban J connectivity index is 2.03. The summed E-state index contributed by atoms with van der Waals surface area (Å²) in [5.74, 6) is 0.404. The van der Waals surface area contributed by atoms with E-state index in [-0.39, 0.29) is 17.8 Å². The molecule has 1 amide bonds. The van der Waals surface area contributed by atoms with Crippen LogP contribution >= 0.6 is 0 Å². The van der Waals surface area contributed by atoms with Crippen LogP contribution in [0.3, 0.4) is 0 Å². The van der Waals surface area contributed by atoms with Crippen LogP contribution in [0.25, 0.3) is 0 Å². The zero-order chi connectivity index (χ0) is 18.5. The summed E-state index contributed by atoms with van der Waals surface area (Å²) < 4.78 is 5.87. The van der Waals surface area contributed by atoms with Crippen LogP contribution in [-0.4, -0.2) is 22.9 Å². The van der Waals surface area contributed by atoms with Gasteiger partial charge in [0.05, 0.1) is 6.54 Å². The molecule has 0 aliphatic carbocycles. The largest absolute Gasteiger partial charge is 0.425 e. The second-order valence-electron chi connectivity index (χ2n) is 6.37. The summed E-state index contributed by atoms with van der Waals surface area (Å²) in [4.78, 5) is 18.5. The van der Waals surface area contributed by atoms with Crippen LogP contribution in [0.15, 0.2) is 59.6 Å². The van der Waals surface area contributed by atoms with Crippen LogP contribution < -0.4 is 10.1 Å². The maximum atomic E-state index is 12.8. The number of hydrogen-bond acceptors (Lipinski definition) is 4. The molecule has 0 aromatic heterocycles. The Hall–Kier alpha value is -3.33. The molecule has 1 heterocycles. The first-order valence-electron chi connectivity index (χ1n) is 8.45. The average molecular weight is 348 g/mol. The van der Waals surface area contributed by atoms with Gasteiger partial charge in [-0.2, -0.15) is 5.26 Å². The van der Waals surface area contributed by atoms with Gasteiger partial charge in [0.15, 0.2) is 0 Å². The highest BCUT2D eigenvalue weighted by Gasteiger charge is 2.35. The lowest BCUT2D eigenvalue weighted by Crippen LogP contribution is -2.49. The summed E-state index contributed by atoms with van der Waals surface area (Å²) in [6.07, 6.45) is 1.79. The fourth-order valence-corrected chi connectivity index (χ4v) is 3.04. The molecule has 1 aliphatic heterocycles. The second kappa shape index (κ2) is 7.70. The lowest BCUT2D eigenvalue weighted by Gasteiger charge is -2.32. The fourth-order valence-electron chi connectivity index (χ4n) is 3.04. The maximum Gasteiger partial charge on any atom is 0.309 e. The first-order chi connectivity index (χ1) is 12.6. The van der Waals surface area contributed by atoms with Crippen molar-refractivity contribution < 1.29 is 9.53 Å². The molecule has 26 heavy (non-hydrogen) atoms. The number of para-hydroxylation sites is 2. The van der Waals surface area contributed by atoms with E-state index in [0.29, 0.717) is 12.3 Å². The molecule has 2 aromatic rings. The third kappa shape index (κ3) is 3.67. The molecule has 1 aliphatic rings. The van der Waals surface area contributed by atoms with E-state index in [1.165, 1.54) is 0 Å². The predicted octanol–water partition coefficient (Wildman–Crippen LogP) is 3.38. The molecule has 0 bridgehead atoms. The monoisotopic (exact) mass is 348 g/mol. The smallest absolute Gasteiger partial charge is 0.309 e. The van der Waals surface area contributed by atoms with Crippen molar-refractivity contribution in [1.82, 2.24) is 4.90 Å². The van der Waals surface area contributed by atoms with Gasteiger partial charge in [-0.1, -0.05) is 50.2 Å². The molecule has 0 spiro atoms. The maximum absolute atomic E-state index is 12.8. The Morgan fingerprint density at radius 3 is 2.62 bits per heavy atom. The number of rotatable bonds is 2. The van der Waals surface area contributed by atoms with E-state index in [4.69, 9.17) is 10.00 Å². The number of carbonyl (C=O) groups excluding carboxylic acids is 1. The van der Waals surface area contributed by atoms with Crippen molar-refractivity contribution >= 4 is 17.6 Å². The standard InChI is InChI=1S/C20H20N4O2/c1-14(2)18-19(25)23-17-11-7-6-8-15(17)12-24(18)20(22-13-21)26-16-9-4-3-5-10-16/h3-11,14,18H,12H2,1-2H3,(H,23,25)/b22-20-/t18-/m0/s1. The molecule has 1 N–H and O–H groups in total. The summed E-state index contributed by atoms with van der Waals surface area (Å²) >= 11 is 0. The van der Waals surface area contributed by atoms with Crippen LogP contribution in [0.5, 0.6) is 5.75 Å². The van der Waals surface area contributed by atoms with Crippen LogP contribution in [0.2, 0.25) is 0 Å². The van der Waals surface area contributed by atoms with Crippen molar-refractivity contribution in [3.05, 3.63) is 60.2 Å². The van der Waals surface area contributed by atoms with E-state index in [9.17, 15) is 4.79 Å². The van der Waals surface area contributed by atoms with Crippen LogP contribution in [0, 0.1) is 17.4 Å². The van der Waals surface area contributed by atoms with Crippen LogP contribution in [0.1, 0.15) is 19.4 Å². The van der Waals surface area contributed by atoms with E-state index in [1.807, 2.05) is 56.3 Å². The van der Waals surface area contributed by atoms with Gasteiger partial charge in [0.25, 0.3) is 0 Å². The van der Waals surface area contributed by atoms with Crippen molar-refractivity contribution in [1.29, 1.82) is 5.26 Å². The minimum atomic E-state index is -0.516. The Bertz CT molecular complexity index is 856. The molecule has 0 saturated heterocycles. The predicted molar refractivity (Wildman–Crippen MR) is 99.4 cm³/mol. The number of aliphatic imine (C=N–C) groups is 1. The third-order valence-corrected chi connectivity index (χ3v) is 4.20. The summed E-state index contributed by atoms with van der Waals surface area (Å²) in [5, 5.41) is 12.1. The number of nitrogens with zero attached hydrogens (tertiary/aromatic N) is 3. The number of carbonyl (C=O) groups is 1. The van der Waals surface area contributed by atoms with Crippen molar-refractivity contribution in [3.8, 4) is 11.9 Å². The number of hydrogen-bond donors (Lipinski definition) is 1. The molecule has 6 heteroatoms. The molecule has 3 rings (SSSR count). The summed E-state index contributed by atoms with van der Waals surface area (Å²) in [6, 6.07) is 16.3. The van der Waals surface area contributed by atoms with Gasteiger partial charge in [-0.3, -0.25) is 4.79 Å². The number of nitrogens with one attached hydrogen (secondary N) is 1. The van der Waals surface area contributed by atoms with Crippen molar-refractivity contribution in [3.63, 3.8) is 0 Å². The van der Waals surface area contributed by atoms with Crippen LogP contribution in [-0.2, 0) is 11.3 Å². The Morgan fingerprint density at radius 2 is 1.92 bits per heavy atom. The van der Waals surface area contributed by atoms with Gasteiger partial charge in [0, 0.05) is 5.69 Å². The highest BCUT2D eigenvalue weighted by molar-refractivity contribution is 5.99. The average Bonchev–Trinajstić information content (AvgIpc) is 2.77. The Morgan fingerprint density at radius 1 is 1.23 bits per heavy atom. The SMILES string of the molecule is CC(C)[C@H]1C(=O)Nc2ccccc2CN1/C(=N/C#N)Oc1ccccc1. The van der Waals surface area contributed by atoms with Crippen molar-refractivity contribution in [2.24, 2.45) is 10.9 Å². The molecule has 6 nitrogen and oxygen atoms in total. The fraction of sp³-hybridized carbons (Fsp3) is 0.250. The van der Waals surface area contributed by atoms with Gasteiger partial charge < -0.3 is 15.0 Å². The first kappa shape index (κ1) is 17.5. The van der Waals surface area contributed by atoms with Crippen LogP contribution in [0.4, 0.5) is 5.69 Å². The lowest BCUT2D eigenvalue weighted by atomic mass is 10.0. The number of amides is 1. The molecule has 0 saturated carbocycles. The van der Waals surface area contributed by atoms with Gasteiger partial charge in [-0.15, -0.1) is 4.99 Å². The molecule has 0 unspecified atom stereocenters. The lowest BCUT2D eigenvalue weighted by molar-refractivity contribution is -0.121. The quantitative estimate of drug-likeness (QED) is 0.513. The van der Waals surface area contributed by atoms with Gasteiger partial charge in [-0.05, 0) is 29.7 Å². The van der Waals surface area contributed by atoms with Crippen molar-refractivity contribution in [2.45, 2.75) is 26.4 Å². The normalized spacial score (nSPS) is 17.2.